The van der Waals surface area contributed by atoms with Crippen LogP contribution in [0.5, 0.6) is 0 Å². The highest BCUT2D eigenvalue weighted by Crippen LogP contribution is 2.15. The van der Waals surface area contributed by atoms with Crippen molar-refractivity contribution in [2.45, 2.75) is 39.0 Å². The number of hydrogen-bond acceptors (Lipinski definition) is 3. The molecule has 0 spiro atoms. The molecule has 0 saturated heterocycles. The Bertz CT molecular complexity index is 430. The Hall–Kier alpha value is -1.84. The van der Waals surface area contributed by atoms with E-state index in [0.29, 0.717) is 0 Å². The second-order valence-electron chi connectivity index (χ2n) is 4.59. The van der Waals surface area contributed by atoms with Gasteiger partial charge in [-0.05, 0) is 44.7 Å². The van der Waals surface area contributed by atoms with Crippen molar-refractivity contribution in [1.29, 1.82) is 0 Å². The van der Waals surface area contributed by atoms with Crippen LogP contribution in [0, 0.1) is 6.92 Å². The normalized spacial score (nSPS) is 15.1. The molecule has 0 radical (unpaired) electrons. The van der Waals surface area contributed by atoms with Gasteiger partial charge in [0, 0.05) is 5.69 Å². The topological polar surface area (TPSA) is 50.7 Å². The van der Waals surface area contributed by atoms with Crippen molar-refractivity contribution in [2.75, 3.05) is 5.32 Å². The molecule has 0 heterocycles. The van der Waals surface area contributed by atoms with Gasteiger partial charge in [0.2, 0.25) is 0 Å². The van der Waals surface area contributed by atoms with Crippen molar-refractivity contribution >= 4 is 17.5 Å². The minimum absolute atomic E-state index is 0.531. The summed E-state index contributed by atoms with van der Waals surface area (Å²) in [6.07, 6.45) is 4.88. The molecule has 0 unspecified atom stereocenters. The molecule has 0 atom stereocenters. The summed E-state index contributed by atoms with van der Waals surface area (Å²) in [6, 6.07) is 7.54. The van der Waals surface area contributed by atoms with Crippen LogP contribution in [-0.2, 0) is 4.84 Å². The lowest BCUT2D eigenvalue weighted by Crippen LogP contribution is -2.13. The highest BCUT2D eigenvalue weighted by molar-refractivity contribution is 5.87. The molecule has 1 amide bonds. The Balaban J connectivity index is 1.83. The molecule has 1 aliphatic carbocycles. The van der Waals surface area contributed by atoms with Gasteiger partial charge in [0.05, 0.1) is 5.71 Å². The molecule has 1 aromatic carbocycles. The van der Waals surface area contributed by atoms with Crippen molar-refractivity contribution in [3.63, 3.8) is 0 Å². The van der Waals surface area contributed by atoms with Gasteiger partial charge in [-0.2, -0.15) is 0 Å². The standard InChI is InChI=1S/C14H18N2O2/c1-11-7-9-12(10-8-11)15-14(17)18-16-13-5-3-2-4-6-13/h7-10H,2-6H2,1H3,(H,15,17). The van der Waals surface area contributed by atoms with Crippen LogP contribution in [-0.4, -0.2) is 11.8 Å². The van der Waals surface area contributed by atoms with Crippen LogP contribution >= 0.6 is 0 Å². The molecule has 1 saturated carbocycles. The SMILES string of the molecule is Cc1ccc(NC(=O)ON=C2CCCCC2)cc1. The van der Waals surface area contributed by atoms with Gasteiger partial charge in [-0.1, -0.05) is 29.3 Å². The highest BCUT2D eigenvalue weighted by atomic mass is 16.7. The highest BCUT2D eigenvalue weighted by Gasteiger charge is 2.09. The van der Waals surface area contributed by atoms with Crippen molar-refractivity contribution in [1.82, 2.24) is 0 Å². The molecule has 0 bridgehead atoms. The molecule has 0 aromatic heterocycles. The zero-order valence-corrected chi connectivity index (χ0v) is 10.6. The Labute approximate surface area is 107 Å². The Morgan fingerprint density at radius 2 is 1.83 bits per heavy atom. The van der Waals surface area contributed by atoms with E-state index in [4.69, 9.17) is 4.84 Å². The van der Waals surface area contributed by atoms with Crippen molar-refractivity contribution in [2.24, 2.45) is 5.16 Å². The van der Waals surface area contributed by atoms with Crippen LogP contribution in [0.25, 0.3) is 0 Å². The van der Waals surface area contributed by atoms with Gasteiger partial charge in [-0.15, -0.1) is 0 Å². The molecule has 2 rings (SSSR count). The average Bonchev–Trinajstić information content (AvgIpc) is 2.40. The summed E-state index contributed by atoms with van der Waals surface area (Å²) in [4.78, 5) is 16.4. The fourth-order valence-electron chi connectivity index (χ4n) is 1.93. The predicted molar refractivity (Wildman–Crippen MR) is 71.8 cm³/mol. The minimum atomic E-state index is -0.531. The van der Waals surface area contributed by atoms with E-state index < -0.39 is 6.09 Å². The minimum Gasteiger partial charge on any atom is -0.298 e. The summed E-state index contributed by atoms with van der Waals surface area (Å²) in [7, 11) is 0. The molecule has 1 N–H and O–H groups in total. The summed E-state index contributed by atoms with van der Waals surface area (Å²) in [6.45, 7) is 2.00. The van der Waals surface area contributed by atoms with Crippen LogP contribution in [0.15, 0.2) is 29.4 Å². The van der Waals surface area contributed by atoms with Gasteiger partial charge in [0.15, 0.2) is 0 Å². The number of oxime groups is 1. The largest absolute Gasteiger partial charge is 0.437 e. The molecule has 1 fully saturated rings. The van der Waals surface area contributed by atoms with E-state index in [0.717, 1.165) is 42.6 Å². The zero-order chi connectivity index (χ0) is 12.8. The van der Waals surface area contributed by atoms with E-state index >= 15 is 0 Å². The number of carbonyl (C=O) groups is 1. The Kier molecular flexibility index (Phi) is 4.34. The number of rotatable bonds is 2. The lowest BCUT2D eigenvalue weighted by atomic mass is 9.99. The third-order valence-electron chi connectivity index (χ3n) is 2.99. The maximum atomic E-state index is 11.5. The van der Waals surface area contributed by atoms with E-state index in [2.05, 4.69) is 10.5 Å². The molecule has 4 heteroatoms. The van der Waals surface area contributed by atoms with Gasteiger partial charge in [-0.3, -0.25) is 10.2 Å². The fourth-order valence-corrected chi connectivity index (χ4v) is 1.93. The monoisotopic (exact) mass is 246 g/mol. The third-order valence-corrected chi connectivity index (χ3v) is 2.99. The summed E-state index contributed by atoms with van der Waals surface area (Å²) in [5, 5.41) is 6.54. The van der Waals surface area contributed by atoms with E-state index in [-0.39, 0.29) is 0 Å². The lowest BCUT2D eigenvalue weighted by molar-refractivity contribution is 0.165. The van der Waals surface area contributed by atoms with Crippen molar-refractivity contribution in [3.05, 3.63) is 29.8 Å². The fraction of sp³-hybridized carbons (Fsp3) is 0.429. The van der Waals surface area contributed by atoms with Gasteiger partial charge in [0.25, 0.3) is 0 Å². The molecule has 4 nitrogen and oxygen atoms in total. The first-order valence-electron chi connectivity index (χ1n) is 6.34. The molecule has 18 heavy (non-hydrogen) atoms. The maximum Gasteiger partial charge on any atom is 0.437 e. The number of amides is 1. The van der Waals surface area contributed by atoms with E-state index in [1.165, 1.54) is 6.42 Å². The van der Waals surface area contributed by atoms with Crippen LogP contribution < -0.4 is 5.32 Å². The Morgan fingerprint density at radius 1 is 1.17 bits per heavy atom. The van der Waals surface area contributed by atoms with E-state index in [9.17, 15) is 4.79 Å². The van der Waals surface area contributed by atoms with Crippen molar-refractivity contribution < 1.29 is 9.63 Å². The number of carbonyl (C=O) groups excluding carboxylic acids is 1. The van der Waals surface area contributed by atoms with Gasteiger partial charge < -0.3 is 0 Å². The second kappa shape index (κ2) is 6.19. The van der Waals surface area contributed by atoms with E-state index in [1.807, 2.05) is 31.2 Å². The number of anilines is 1. The summed E-state index contributed by atoms with van der Waals surface area (Å²) in [5.74, 6) is 0. The molecule has 0 aliphatic heterocycles. The molecule has 1 aliphatic rings. The smallest absolute Gasteiger partial charge is 0.298 e. The van der Waals surface area contributed by atoms with Gasteiger partial charge in [-0.25, -0.2) is 4.79 Å². The van der Waals surface area contributed by atoms with Crippen LogP contribution in [0.4, 0.5) is 10.5 Å². The molecule has 1 aromatic rings. The zero-order valence-electron chi connectivity index (χ0n) is 10.6. The number of hydrogen-bond donors (Lipinski definition) is 1. The number of nitrogens with zero attached hydrogens (tertiary/aromatic N) is 1. The number of benzene rings is 1. The summed E-state index contributed by atoms with van der Waals surface area (Å²) in [5.41, 5.74) is 2.85. The maximum absolute atomic E-state index is 11.5. The molecule has 96 valence electrons. The van der Waals surface area contributed by atoms with Gasteiger partial charge in [0.1, 0.15) is 0 Å². The first-order valence-corrected chi connectivity index (χ1v) is 6.34. The van der Waals surface area contributed by atoms with Gasteiger partial charge >= 0.3 is 6.09 Å². The van der Waals surface area contributed by atoms with E-state index in [1.54, 1.807) is 0 Å². The first-order chi connectivity index (χ1) is 8.74. The first kappa shape index (κ1) is 12.6. The quantitative estimate of drug-likeness (QED) is 0.636. The summed E-state index contributed by atoms with van der Waals surface area (Å²) >= 11 is 0. The second-order valence-corrected chi connectivity index (χ2v) is 4.59. The average molecular weight is 246 g/mol. The van der Waals surface area contributed by atoms with Crippen LogP contribution in [0.3, 0.4) is 0 Å². The molecular weight excluding hydrogens is 228 g/mol. The predicted octanol–water partition coefficient (Wildman–Crippen LogP) is 3.86. The van der Waals surface area contributed by atoms with Crippen LogP contribution in [0.2, 0.25) is 0 Å². The Morgan fingerprint density at radius 3 is 2.50 bits per heavy atom. The lowest BCUT2D eigenvalue weighted by Gasteiger charge is -2.11. The molecular formula is C14H18N2O2. The summed E-state index contributed by atoms with van der Waals surface area (Å²) < 4.78 is 0. The number of aryl methyl sites for hydroxylation is 1. The third kappa shape index (κ3) is 3.87. The number of nitrogens with one attached hydrogen (secondary N) is 1. The van der Waals surface area contributed by atoms with Crippen LogP contribution in [0.1, 0.15) is 37.7 Å². The van der Waals surface area contributed by atoms with Crippen molar-refractivity contribution in [3.8, 4) is 0 Å².